The minimum Gasteiger partial charge on any atom is -1.00 e. The molecule has 4 aromatic rings. The average molecular weight is 487 g/mol. The van der Waals surface area contributed by atoms with Crippen molar-refractivity contribution in [1.82, 2.24) is 4.68 Å². The summed E-state index contributed by atoms with van der Waals surface area (Å²) in [7, 11) is 8.14. The first-order chi connectivity index (χ1) is 16.4. The molecule has 0 aliphatic carbocycles. The maximum atomic E-state index is 4.81. The smallest absolute Gasteiger partial charge is 0.304 e. The van der Waals surface area contributed by atoms with Crippen LogP contribution in [0.4, 0.5) is 11.4 Å². The average Bonchev–Trinajstić information content (AvgIpc) is 3.17. The van der Waals surface area contributed by atoms with Crippen LogP contribution in [0.3, 0.4) is 0 Å². The van der Waals surface area contributed by atoms with E-state index in [9.17, 15) is 0 Å². The summed E-state index contributed by atoms with van der Waals surface area (Å²) >= 11 is 0. The van der Waals surface area contributed by atoms with Crippen molar-refractivity contribution in [3.63, 3.8) is 0 Å². The minimum atomic E-state index is 0. The number of hydrogen-bond acceptors (Lipinski definition) is 4. The lowest BCUT2D eigenvalue weighted by Crippen LogP contribution is -3.00. The van der Waals surface area contributed by atoms with E-state index >= 15 is 0 Å². The molecular formula is C28H31ClN6. The molecule has 0 amide bonds. The first-order valence-corrected chi connectivity index (χ1v) is 11.3. The summed E-state index contributed by atoms with van der Waals surface area (Å²) in [6.07, 6.45) is 5.77. The van der Waals surface area contributed by atoms with E-state index in [1.807, 2.05) is 81.3 Å². The number of hydrogen-bond donors (Lipinski definition) is 0. The number of imidazole rings is 1. The monoisotopic (exact) mass is 486 g/mol. The lowest BCUT2D eigenvalue weighted by molar-refractivity contribution is -0.683. The highest BCUT2D eigenvalue weighted by molar-refractivity contribution is 5.81. The van der Waals surface area contributed by atoms with E-state index in [1.54, 1.807) is 0 Å². The van der Waals surface area contributed by atoms with E-state index in [4.69, 9.17) is 10.2 Å². The van der Waals surface area contributed by atoms with Crippen molar-refractivity contribution in [2.45, 2.75) is 6.92 Å². The Labute approximate surface area is 213 Å². The summed E-state index contributed by atoms with van der Waals surface area (Å²) < 4.78 is 3.80. The third-order valence-corrected chi connectivity index (χ3v) is 5.65. The Hall–Kier alpha value is -3.90. The number of anilines is 2. The zero-order valence-electron chi connectivity index (χ0n) is 20.8. The Kier molecular flexibility index (Phi) is 8.44. The van der Waals surface area contributed by atoms with E-state index in [0.717, 1.165) is 39.6 Å². The first-order valence-electron chi connectivity index (χ1n) is 11.3. The molecule has 0 spiro atoms. The van der Waals surface area contributed by atoms with E-state index in [1.165, 1.54) is 0 Å². The van der Waals surface area contributed by atoms with E-state index in [2.05, 4.69) is 70.5 Å². The molecule has 0 atom stereocenters. The molecule has 7 heteroatoms. The molecule has 180 valence electrons. The predicted molar refractivity (Wildman–Crippen MR) is 142 cm³/mol. The van der Waals surface area contributed by atoms with Gasteiger partial charge in [-0.25, -0.2) is 0 Å². The van der Waals surface area contributed by atoms with Crippen molar-refractivity contribution in [1.29, 1.82) is 0 Å². The summed E-state index contributed by atoms with van der Waals surface area (Å²) in [6.45, 7) is 2.02. The van der Waals surface area contributed by atoms with Gasteiger partial charge in [0.05, 0.1) is 12.4 Å². The van der Waals surface area contributed by atoms with Gasteiger partial charge in [-0.2, -0.15) is 0 Å². The quantitative estimate of drug-likeness (QED) is 0.294. The lowest BCUT2D eigenvalue weighted by Gasteiger charge is -2.11. The molecule has 0 aliphatic heterocycles. The number of benzene rings is 3. The molecule has 0 N–H and O–H groups in total. The molecule has 4 rings (SSSR count). The largest absolute Gasteiger partial charge is 1.00 e. The highest BCUT2D eigenvalue weighted by atomic mass is 35.5. The highest BCUT2D eigenvalue weighted by Gasteiger charge is 2.21. The SMILES string of the molecule is Cc1n(/N=C/c2ccc(N(C)C)cc2)c(-c2ccccc2)c[n+]1/N=C/c1ccc(N(C)C)cc1.[Cl-]. The summed E-state index contributed by atoms with van der Waals surface area (Å²) in [5.74, 6) is 0.904. The van der Waals surface area contributed by atoms with Crippen LogP contribution >= 0.6 is 0 Å². The maximum absolute atomic E-state index is 4.81. The number of aromatic nitrogens is 2. The predicted octanol–water partition coefficient (Wildman–Crippen LogP) is 1.65. The van der Waals surface area contributed by atoms with Crippen molar-refractivity contribution in [3.8, 4) is 11.3 Å². The van der Waals surface area contributed by atoms with Gasteiger partial charge in [0.25, 0.3) is 0 Å². The summed E-state index contributed by atoms with van der Waals surface area (Å²) in [4.78, 5) is 4.16. The van der Waals surface area contributed by atoms with Crippen LogP contribution in [-0.4, -0.2) is 45.3 Å². The lowest BCUT2D eigenvalue weighted by atomic mass is 10.2. The van der Waals surface area contributed by atoms with Crippen LogP contribution in [-0.2, 0) is 0 Å². The maximum Gasteiger partial charge on any atom is 0.304 e. The van der Waals surface area contributed by atoms with Gasteiger partial charge in [-0.3, -0.25) is 0 Å². The van der Waals surface area contributed by atoms with Crippen LogP contribution in [0.15, 0.2) is 95.3 Å². The molecule has 3 aromatic carbocycles. The van der Waals surface area contributed by atoms with Crippen LogP contribution < -0.4 is 26.9 Å². The molecule has 35 heavy (non-hydrogen) atoms. The normalized spacial score (nSPS) is 11.1. The zero-order chi connectivity index (χ0) is 24.1. The Morgan fingerprint density at radius 3 is 1.74 bits per heavy atom. The summed E-state index contributed by atoms with van der Waals surface area (Å²) in [5, 5.41) is 9.53. The zero-order valence-corrected chi connectivity index (χ0v) is 21.6. The van der Waals surface area contributed by atoms with E-state index in [-0.39, 0.29) is 12.4 Å². The second kappa shape index (κ2) is 11.5. The van der Waals surface area contributed by atoms with Gasteiger partial charge in [0, 0.05) is 52.1 Å². The van der Waals surface area contributed by atoms with Gasteiger partial charge in [0.1, 0.15) is 0 Å². The molecule has 0 bridgehead atoms. The molecule has 1 heterocycles. The van der Waals surface area contributed by atoms with Crippen molar-refractivity contribution in [3.05, 3.63) is 102 Å². The molecule has 0 aliphatic rings. The Bertz CT molecular complexity index is 1290. The second-order valence-electron chi connectivity index (χ2n) is 8.55. The van der Waals surface area contributed by atoms with Gasteiger partial charge in [-0.05, 0) is 35.4 Å². The van der Waals surface area contributed by atoms with Crippen LogP contribution in [0.2, 0.25) is 0 Å². The molecule has 1 aromatic heterocycles. The van der Waals surface area contributed by atoms with Crippen molar-refractivity contribution < 1.29 is 17.1 Å². The number of halogens is 1. The molecule has 0 saturated carbocycles. The number of rotatable bonds is 7. The molecular weight excluding hydrogens is 456 g/mol. The fraction of sp³-hybridized carbons (Fsp3) is 0.179. The molecule has 0 radical (unpaired) electrons. The van der Waals surface area contributed by atoms with Crippen molar-refractivity contribution in [2.75, 3.05) is 38.0 Å². The van der Waals surface area contributed by atoms with Crippen LogP contribution in [0.25, 0.3) is 11.3 Å². The van der Waals surface area contributed by atoms with Gasteiger partial charge in [-0.1, -0.05) is 69.5 Å². The second-order valence-corrected chi connectivity index (χ2v) is 8.55. The third kappa shape index (κ3) is 6.16. The minimum absolute atomic E-state index is 0. The first kappa shape index (κ1) is 25.7. The van der Waals surface area contributed by atoms with Crippen LogP contribution in [0.1, 0.15) is 17.0 Å². The standard InChI is InChI=1S/C28H31N6.ClH/c1-22-33(29-19-23-11-15-26(16-12-23)31(2)3)21-28(25-9-7-6-8-10-25)34(22)30-20-24-13-17-27(18-14-24)32(4)5;/h6-21H,1-5H3;1H/q+1;/p-1/b29-19+,30-20+;. The third-order valence-electron chi connectivity index (χ3n) is 5.65. The van der Waals surface area contributed by atoms with Crippen molar-refractivity contribution >= 4 is 23.8 Å². The topological polar surface area (TPSA) is 40.0 Å². The Morgan fingerprint density at radius 1 is 0.714 bits per heavy atom. The van der Waals surface area contributed by atoms with Crippen LogP contribution in [0.5, 0.6) is 0 Å². The van der Waals surface area contributed by atoms with Gasteiger partial charge in [-0.15, -0.1) is 4.68 Å². The number of nitrogens with zero attached hydrogens (tertiary/aromatic N) is 6. The van der Waals surface area contributed by atoms with E-state index in [0.29, 0.717) is 0 Å². The van der Waals surface area contributed by atoms with Crippen LogP contribution in [0, 0.1) is 6.92 Å². The Morgan fingerprint density at radius 2 is 1.23 bits per heavy atom. The van der Waals surface area contributed by atoms with Gasteiger partial charge < -0.3 is 22.2 Å². The fourth-order valence-corrected chi connectivity index (χ4v) is 3.57. The van der Waals surface area contributed by atoms with Gasteiger partial charge >= 0.3 is 5.82 Å². The molecule has 0 fully saturated rings. The summed E-state index contributed by atoms with van der Waals surface area (Å²) in [5.41, 5.74) is 6.44. The van der Waals surface area contributed by atoms with Crippen molar-refractivity contribution in [2.24, 2.45) is 10.2 Å². The highest BCUT2D eigenvalue weighted by Crippen LogP contribution is 2.20. The van der Waals surface area contributed by atoms with Gasteiger partial charge in [0.15, 0.2) is 6.20 Å². The Balaban J connectivity index is 0.00000342. The molecule has 6 nitrogen and oxygen atoms in total. The summed E-state index contributed by atoms with van der Waals surface area (Å²) in [6, 6.07) is 26.9. The fourth-order valence-electron chi connectivity index (χ4n) is 3.57. The van der Waals surface area contributed by atoms with E-state index < -0.39 is 0 Å². The molecule has 0 unspecified atom stereocenters. The molecule has 0 saturated heterocycles. The van der Waals surface area contributed by atoms with Gasteiger partial charge in [0.2, 0.25) is 5.69 Å².